The van der Waals surface area contributed by atoms with Gasteiger partial charge in [0.05, 0.1) is 13.2 Å². The molecule has 1 aromatic carbocycles. The molecule has 24 heavy (non-hydrogen) atoms. The van der Waals surface area contributed by atoms with Gasteiger partial charge in [0.25, 0.3) is 5.91 Å². The van der Waals surface area contributed by atoms with Crippen molar-refractivity contribution in [2.24, 2.45) is 0 Å². The summed E-state index contributed by atoms with van der Waals surface area (Å²) in [6, 6.07) is 7.81. The molecule has 1 aromatic rings. The summed E-state index contributed by atoms with van der Waals surface area (Å²) in [4.78, 5) is 16.6. The minimum atomic E-state index is 0.0142. The van der Waals surface area contributed by atoms with Gasteiger partial charge in [-0.25, -0.2) is 0 Å². The molecule has 1 heterocycles. The van der Waals surface area contributed by atoms with Crippen molar-refractivity contribution in [2.45, 2.75) is 19.9 Å². The first-order valence-corrected chi connectivity index (χ1v) is 8.51. The third kappa shape index (κ3) is 5.11. The topological polar surface area (TPSA) is 51.2 Å². The number of ether oxygens (including phenoxy) is 3. The molecule has 1 atom stereocenters. The molecule has 1 aliphatic rings. The summed E-state index contributed by atoms with van der Waals surface area (Å²) >= 11 is 0. The van der Waals surface area contributed by atoms with Crippen molar-refractivity contribution in [3.63, 3.8) is 0 Å². The maximum absolute atomic E-state index is 12.4. The van der Waals surface area contributed by atoms with Gasteiger partial charge < -0.3 is 19.1 Å². The summed E-state index contributed by atoms with van der Waals surface area (Å²) < 4.78 is 16.4. The van der Waals surface area contributed by atoms with Crippen molar-refractivity contribution >= 4 is 5.91 Å². The lowest BCUT2D eigenvalue weighted by atomic mass is 10.2. The second-order valence-electron chi connectivity index (χ2n) is 5.89. The lowest BCUT2D eigenvalue weighted by molar-refractivity contribution is -0.135. The number of rotatable bonds is 8. The number of piperazine rings is 1. The van der Waals surface area contributed by atoms with Gasteiger partial charge in [-0.3, -0.25) is 9.69 Å². The Bertz CT molecular complexity index is 515. The fourth-order valence-electron chi connectivity index (χ4n) is 2.83. The zero-order valence-corrected chi connectivity index (χ0v) is 14.9. The first-order chi connectivity index (χ1) is 11.7. The first-order valence-electron chi connectivity index (χ1n) is 8.51. The molecule has 0 bridgehead atoms. The Morgan fingerprint density at radius 2 is 1.75 bits per heavy atom. The van der Waals surface area contributed by atoms with Gasteiger partial charge in [-0.05, 0) is 26.0 Å². The number of para-hydroxylation sites is 2. The van der Waals surface area contributed by atoms with Gasteiger partial charge in [0.1, 0.15) is 0 Å². The van der Waals surface area contributed by atoms with Gasteiger partial charge in [0.15, 0.2) is 18.1 Å². The van der Waals surface area contributed by atoms with Crippen LogP contribution in [0.25, 0.3) is 0 Å². The Kier molecular flexibility index (Phi) is 7.34. The Labute approximate surface area is 144 Å². The SMILES string of the molecule is CCOc1ccccc1OCC(=O)N1CCN([C@H](C)COC)CC1. The van der Waals surface area contributed by atoms with E-state index in [0.29, 0.717) is 30.8 Å². The zero-order valence-electron chi connectivity index (χ0n) is 14.9. The van der Waals surface area contributed by atoms with E-state index in [2.05, 4.69) is 11.8 Å². The Morgan fingerprint density at radius 3 is 2.33 bits per heavy atom. The molecule has 0 N–H and O–H groups in total. The van der Waals surface area contributed by atoms with E-state index in [1.807, 2.05) is 36.1 Å². The smallest absolute Gasteiger partial charge is 0.260 e. The number of carbonyl (C=O) groups excluding carboxylic acids is 1. The van der Waals surface area contributed by atoms with Crippen LogP contribution in [0.2, 0.25) is 0 Å². The highest BCUT2D eigenvalue weighted by Crippen LogP contribution is 2.26. The van der Waals surface area contributed by atoms with Gasteiger partial charge >= 0.3 is 0 Å². The Morgan fingerprint density at radius 1 is 1.12 bits per heavy atom. The van der Waals surface area contributed by atoms with E-state index in [0.717, 1.165) is 26.2 Å². The molecular weight excluding hydrogens is 308 g/mol. The maximum atomic E-state index is 12.4. The van der Waals surface area contributed by atoms with Gasteiger partial charge in [-0.2, -0.15) is 0 Å². The molecule has 134 valence electrons. The standard InChI is InChI=1S/C18H28N2O4/c1-4-23-16-7-5-6-8-17(16)24-14-18(21)20-11-9-19(10-12-20)15(2)13-22-3/h5-8,15H,4,9-14H2,1-3H3/t15-/m1/s1. The van der Waals surface area contributed by atoms with Crippen molar-refractivity contribution < 1.29 is 19.0 Å². The fourth-order valence-corrected chi connectivity index (χ4v) is 2.83. The van der Waals surface area contributed by atoms with Crippen molar-refractivity contribution in [1.82, 2.24) is 9.80 Å². The number of benzene rings is 1. The minimum absolute atomic E-state index is 0.0142. The van der Waals surface area contributed by atoms with Crippen molar-refractivity contribution in [3.05, 3.63) is 24.3 Å². The minimum Gasteiger partial charge on any atom is -0.490 e. The predicted molar refractivity (Wildman–Crippen MR) is 92.6 cm³/mol. The number of amides is 1. The van der Waals surface area contributed by atoms with Crippen LogP contribution in [0.1, 0.15) is 13.8 Å². The second kappa shape index (κ2) is 9.49. The van der Waals surface area contributed by atoms with Crippen LogP contribution in [0.15, 0.2) is 24.3 Å². The summed E-state index contributed by atoms with van der Waals surface area (Å²) in [5.41, 5.74) is 0. The van der Waals surface area contributed by atoms with Gasteiger partial charge in [-0.15, -0.1) is 0 Å². The van der Waals surface area contributed by atoms with Gasteiger partial charge in [0.2, 0.25) is 0 Å². The van der Waals surface area contributed by atoms with E-state index in [1.54, 1.807) is 7.11 Å². The molecule has 1 fully saturated rings. The highest BCUT2D eigenvalue weighted by Gasteiger charge is 2.24. The summed E-state index contributed by atoms with van der Waals surface area (Å²) in [6.07, 6.45) is 0. The van der Waals surface area contributed by atoms with Gasteiger partial charge in [0, 0.05) is 39.3 Å². The van der Waals surface area contributed by atoms with Crippen LogP contribution in [-0.2, 0) is 9.53 Å². The number of nitrogens with zero attached hydrogens (tertiary/aromatic N) is 2. The number of carbonyl (C=O) groups is 1. The van der Waals surface area contributed by atoms with Crippen LogP contribution in [0.4, 0.5) is 0 Å². The van der Waals surface area contributed by atoms with E-state index >= 15 is 0 Å². The molecule has 0 radical (unpaired) electrons. The van der Waals surface area contributed by atoms with E-state index in [1.165, 1.54) is 0 Å². The molecule has 1 aliphatic heterocycles. The summed E-state index contributed by atoms with van der Waals surface area (Å²) in [5, 5.41) is 0. The van der Waals surface area contributed by atoms with Crippen molar-refractivity contribution in [1.29, 1.82) is 0 Å². The average Bonchev–Trinajstić information content (AvgIpc) is 2.61. The second-order valence-corrected chi connectivity index (χ2v) is 5.89. The van der Waals surface area contributed by atoms with Gasteiger partial charge in [-0.1, -0.05) is 12.1 Å². The maximum Gasteiger partial charge on any atom is 0.260 e. The quantitative estimate of drug-likeness (QED) is 0.722. The van der Waals surface area contributed by atoms with Crippen LogP contribution < -0.4 is 9.47 Å². The number of hydrogen-bond donors (Lipinski definition) is 0. The highest BCUT2D eigenvalue weighted by molar-refractivity contribution is 5.78. The van der Waals surface area contributed by atoms with E-state index < -0.39 is 0 Å². The molecule has 1 saturated heterocycles. The van der Waals surface area contributed by atoms with E-state index in [4.69, 9.17) is 14.2 Å². The molecule has 0 saturated carbocycles. The molecule has 2 rings (SSSR count). The number of hydrogen-bond acceptors (Lipinski definition) is 5. The summed E-state index contributed by atoms with van der Waals surface area (Å²) in [5.74, 6) is 1.30. The Balaban J connectivity index is 1.80. The fraction of sp³-hybridized carbons (Fsp3) is 0.611. The lowest BCUT2D eigenvalue weighted by Gasteiger charge is -2.37. The third-order valence-electron chi connectivity index (χ3n) is 4.20. The highest BCUT2D eigenvalue weighted by atomic mass is 16.5. The molecule has 6 heteroatoms. The molecule has 0 aromatic heterocycles. The monoisotopic (exact) mass is 336 g/mol. The van der Waals surface area contributed by atoms with Crippen molar-refractivity contribution in [3.8, 4) is 11.5 Å². The Hall–Kier alpha value is -1.79. The first kappa shape index (κ1) is 18.5. The largest absolute Gasteiger partial charge is 0.490 e. The van der Waals surface area contributed by atoms with Crippen LogP contribution in [0.3, 0.4) is 0 Å². The van der Waals surface area contributed by atoms with Crippen LogP contribution in [-0.4, -0.2) is 74.9 Å². The molecule has 6 nitrogen and oxygen atoms in total. The summed E-state index contributed by atoms with van der Waals surface area (Å²) in [7, 11) is 1.72. The molecule has 1 amide bonds. The molecule has 0 aliphatic carbocycles. The van der Waals surface area contributed by atoms with E-state index in [-0.39, 0.29) is 12.5 Å². The molecular formula is C18H28N2O4. The van der Waals surface area contributed by atoms with Crippen LogP contribution >= 0.6 is 0 Å². The van der Waals surface area contributed by atoms with Crippen LogP contribution in [0.5, 0.6) is 11.5 Å². The average molecular weight is 336 g/mol. The molecule has 0 spiro atoms. The van der Waals surface area contributed by atoms with Crippen LogP contribution in [0, 0.1) is 0 Å². The normalized spacial score (nSPS) is 16.7. The zero-order chi connectivity index (χ0) is 17.4. The third-order valence-corrected chi connectivity index (χ3v) is 4.20. The van der Waals surface area contributed by atoms with Crippen molar-refractivity contribution in [2.75, 3.05) is 53.1 Å². The predicted octanol–water partition coefficient (Wildman–Crippen LogP) is 1.64. The van der Waals surface area contributed by atoms with E-state index in [9.17, 15) is 4.79 Å². The summed E-state index contributed by atoms with van der Waals surface area (Å²) in [6.45, 7) is 8.57. The molecule has 0 unspecified atom stereocenters. The number of methoxy groups -OCH3 is 1. The lowest BCUT2D eigenvalue weighted by Crippen LogP contribution is -2.53.